The second-order valence-electron chi connectivity index (χ2n) is 3.03. The quantitative estimate of drug-likeness (QED) is 0.772. The fourth-order valence-corrected chi connectivity index (χ4v) is 1.34. The van der Waals surface area contributed by atoms with Gasteiger partial charge in [0.05, 0.1) is 12.7 Å². The molecular weight excluding hydrogens is 251 g/mol. The molecule has 0 radical (unpaired) electrons. The number of halogens is 2. The lowest BCUT2D eigenvalue weighted by molar-refractivity contribution is 0.0556. The Morgan fingerprint density at radius 2 is 2.24 bits per heavy atom. The molecule has 7 heteroatoms. The van der Waals surface area contributed by atoms with Crippen LogP contribution in [0.2, 0.25) is 5.02 Å². The minimum absolute atomic E-state index is 0.0279. The molecule has 2 rings (SSSR count). The van der Waals surface area contributed by atoms with Crippen molar-refractivity contribution < 1.29 is 18.3 Å². The third-order valence-electron chi connectivity index (χ3n) is 1.94. The summed E-state index contributed by atoms with van der Waals surface area (Å²) < 4.78 is 22.8. The maximum atomic E-state index is 13.4. The molecule has 1 aromatic heterocycles. The summed E-state index contributed by atoms with van der Waals surface area (Å²) in [4.78, 5) is 11.1. The molecule has 0 aliphatic rings. The largest absolute Gasteiger partial charge is 0.462 e. The molecule has 2 aromatic rings. The highest BCUT2D eigenvalue weighted by Gasteiger charge is 2.18. The molecular formula is C10H6ClFN2O3. The summed E-state index contributed by atoms with van der Waals surface area (Å²) in [7, 11) is 1.17. The van der Waals surface area contributed by atoms with Gasteiger partial charge >= 0.3 is 11.9 Å². The first-order chi connectivity index (χ1) is 8.11. The minimum atomic E-state index is -0.786. The summed E-state index contributed by atoms with van der Waals surface area (Å²) in [6, 6.07) is 3.88. The molecule has 5 nitrogen and oxygen atoms in total. The molecule has 88 valence electrons. The van der Waals surface area contributed by atoms with E-state index in [1.807, 2.05) is 0 Å². The Bertz CT molecular complexity index is 570. The molecule has 17 heavy (non-hydrogen) atoms. The average molecular weight is 257 g/mol. The predicted molar refractivity (Wildman–Crippen MR) is 56.0 cm³/mol. The normalized spacial score (nSPS) is 10.3. The summed E-state index contributed by atoms with van der Waals surface area (Å²) in [5, 5.41) is 7.29. The van der Waals surface area contributed by atoms with E-state index in [9.17, 15) is 9.18 Å². The van der Waals surface area contributed by atoms with Crippen LogP contribution in [0, 0.1) is 5.82 Å². The molecule has 0 aliphatic heterocycles. The predicted octanol–water partition coefficient (Wildman–Crippen LogP) is 2.32. The fourth-order valence-electron chi connectivity index (χ4n) is 1.16. The number of carbonyl (C=O) groups excluding carboxylic acids is 1. The SMILES string of the molecule is COC(=O)c1nnc(-c2cc(Cl)ccc2F)o1. The highest BCUT2D eigenvalue weighted by molar-refractivity contribution is 6.30. The number of ether oxygens (including phenoxy) is 1. The average Bonchev–Trinajstić information content (AvgIpc) is 2.80. The van der Waals surface area contributed by atoms with Crippen molar-refractivity contribution in [2.24, 2.45) is 0 Å². The number of carbonyl (C=O) groups is 1. The van der Waals surface area contributed by atoms with Crippen molar-refractivity contribution in [3.05, 3.63) is 34.9 Å². The third kappa shape index (κ3) is 2.26. The lowest BCUT2D eigenvalue weighted by atomic mass is 10.2. The molecule has 0 saturated heterocycles. The van der Waals surface area contributed by atoms with Crippen LogP contribution in [0.25, 0.3) is 11.5 Å². The first kappa shape index (κ1) is 11.5. The Labute approximate surface area is 100 Å². The number of hydrogen-bond donors (Lipinski definition) is 0. The maximum absolute atomic E-state index is 13.4. The molecule has 0 N–H and O–H groups in total. The van der Waals surface area contributed by atoms with Gasteiger partial charge in [0.2, 0.25) is 0 Å². The Kier molecular flexibility index (Phi) is 3.06. The summed E-state index contributed by atoms with van der Waals surface area (Å²) in [5.74, 6) is -1.84. The van der Waals surface area contributed by atoms with Crippen molar-refractivity contribution in [2.75, 3.05) is 7.11 Å². The van der Waals surface area contributed by atoms with Crippen molar-refractivity contribution in [3.63, 3.8) is 0 Å². The Morgan fingerprint density at radius 3 is 2.94 bits per heavy atom. The molecule has 0 fully saturated rings. The number of methoxy groups -OCH3 is 1. The summed E-state index contributed by atoms with van der Waals surface area (Å²) in [5.41, 5.74) is 0.0279. The van der Waals surface area contributed by atoms with Crippen molar-refractivity contribution in [1.82, 2.24) is 10.2 Å². The zero-order chi connectivity index (χ0) is 12.4. The molecule has 0 saturated carbocycles. The smallest absolute Gasteiger partial charge is 0.396 e. The third-order valence-corrected chi connectivity index (χ3v) is 2.18. The summed E-state index contributed by atoms with van der Waals surface area (Å²) in [6.07, 6.45) is 0. The van der Waals surface area contributed by atoms with Gasteiger partial charge in [0, 0.05) is 5.02 Å². The molecule has 0 aliphatic carbocycles. The van der Waals surface area contributed by atoms with E-state index in [2.05, 4.69) is 14.9 Å². The second kappa shape index (κ2) is 4.50. The van der Waals surface area contributed by atoms with Crippen LogP contribution < -0.4 is 0 Å². The Hall–Kier alpha value is -1.95. The van der Waals surface area contributed by atoms with Gasteiger partial charge in [-0.2, -0.15) is 0 Å². The highest BCUT2D eigenvalue weighted by Crippen LogP contribution is 2.24. The number of esters is 1. The van der Waals surface area contributed by atoms with Crippen LogP contribution in [0.15, 0.2) is 22.6 Å². The number of rotatable bonds is 2. The lowest BCUT2D eigenvalue weighted by Crippen LogP contribution is -2.00. The summed E-state index contributed by atoms with van der Waals surface area (Å²) >= 11 is 5.72. The zero-order valence-corrected chi connectivity index (χ0v) is 9.36. The fraction of sp³-hybridized carbons (Fsp3) is 0.100. The van der Waals surface area contributed by atoms with Crippen LogP contribution >= 0.6 is 11.6 Å². The standard InChI is InChI=1S/C10H6ClFN2O3/c1-16-10(15)9-14-13-8(17-9)6-4-5(11)2-3-7(6)12/h2-4H,1H3. The van der Waals surface area contributed by atoms with Crippen LogP contribution in [0.5, 0.6) is 0 Å². The Balaban J connectivity index is 2.43. The van der Waals surface area contributed by atoms with E-state index >= 15 is 0 Å². The van der Waals surface area contributed by atoms with E-state index in [0.717, 1.165) is 0 Å². The van der Waals surface area contributed by atoms with Crippen molar-refractivity contribution in [3.8, 4) is 11.5 Å². The molecule has 0 unspecified atom stereocenters. The number of aromatic nitrogens is 2. The topological polar surface area (TPSA) is 65.2 Å². The van der Waals surface area contributed by atoms with Gasteiger partial charge in [0.15, 0.2) is 0 Å². The van der Waals surface area contributed by atoms with E-state index in [1.54, 1.807) is 0 Å². The lowest BCUT2D eigenvalue weighted by Gasteiger charge is -1.97. The van der Waals surface area contributed by atoms with E-state index < -0.39 is 11.8 Å². The van der Waals surface area contributed by atoms with Crippen molar-refractivity contribution in [2.45, 2.75) is 0 Å². The van der Waals surface area contributed by atoms with Crippen LogP contribution in [0.1, 0.15) is 10.7 Å². The van der Waals surface area contributed by atoms with E-state index in [4.69, 9.17) is 16.0 Å². The summed E-state index contributed by atoms with van der Waals surface area (Å²) in [6.45, 7) is 0. The van der Waals surface area contributed by atoms with Crippen molar-refractivity contribution >= 4 is 17.6 Å². The number of hydrogen-bond acceptors (Lipinski definition) is 5. The second-order valence-corrected chi connectivity index (χ2v) is 3.46. The van der Waals surface area contributed by atoms with E-state index in [1.165, 1.54) is 25.3 Å². The van der Waals surface area contributed by atoms with Gasteiger partial charge in [0.25, 0.3) is 5.89 Å². The minimum Gasteiger partial charge on any atom is -0.462 e. The molecule has 1 aromatic carbocycles. The molecule has 0 spiro atoms. The van der Waals surface area contributed by atoms with Gasteiger partial charge in [-0.1, -0.05) is 11.6 Å². The van der Waals surface area contributed by atoms with Gasteiger partial charge in [0.1, 0.15) is 5.82 Å². The Morgan fingerprint density at radius 1 is 1.47 bits per heavy atom. The van der Waals surface area contributed by atoms with Crippen LogP contribution in [0.4, 0.5) is 4.39 Å². The van der Waals surface area contributed by atoms with Gasteiger partial charge in [-0.25, -0.2) is 9.18 Å². The molecule has 0 amide bonds. The molecule has 0 bridgehead atoms. The molecule has 0 atom stereocenters. The van der Waals surface area contributed by atoms with E-state index in [-0.39, 0.29) is 17.3 Å². The van der Waals surface area contributed by atoms with Gasteiger partial charge < -0.3 is 9.15 Å². The van der Waals surface area contributed by atoms with Gasteiger partial charge in [-0.3, -0.25) is 0 Å². The van der Waals surface area contributed by atoms with Crippen LogP contribution in [-0.4, -0.2) is 23.3 Å². The monoisotopic (exact) mass is 256 g/mol. The maximum Gasteiger partial charge on any atom is 0.396 e. The number of nitrogens with zero attached hydrogens (tertiary/aromatic N) is 2. The van der Waals surface area contributed by atoms with Crippen LogP contribution in [-0.2, 0) is 4.74 Å². The first-order valence-corrected chi connectivity index (χ1v) is 4.87. The first-order valence-electron chi connectivity index (χ1n) is 4.49. The van der Waals surface area contributed by atoms with Crippen molar-refractivity contribution in [1.29, 1.82) is 0 Å². The molecule has 1 heterocycles. The highest BCUT2D eigenvalue weighted by atomic mass is 35.5. The van der Waals surface area contributed by atoms with Crippen LogP contribution in [0.3, 0.4) is 0 Å². The number of benzene rings is 1. The van der Waals surface area contributed by atoms with E-state index in [0.29, 0.717) is 5.02 Å². The van der Waals surface area contributed by atoms with Gasteiger partial charge in [-0.05, 0) is 18.2 Å². The van der Waals surface area contributed by atoms with Gasteiger partial charge in [-0.15, -0.1) is 10.2 Å². The zero-order valence-electron chi connectivity index (χ0n) is 8.61.